The molecule has 10 atom stereocenters. The molecule has 0 saturated carbocycles. The first-order chi connectivity index (χ1) is 29.0. The molecule has 60 heavy (non-hydrogen) atoms. The van der Waals surface area contributed by atoms with Crippen molar-refractivity contribution in [1.29, 1.82) is 0 Å². The smallest absolute Gasteiger partial charge is 0.308 e. The molecule has 322 valence electrons. The van der Waals surface area contributed by atoms with Gasteiger partial charge in [0.15, 0.2) is 0 Å². The predicted octanol–water partition coefficient (Wildman–Crippen LogP) is 8.94. The first-order valence-corrected chi connectivity index (χ1v) is 22.4. The Hall–Kier alpha value is -4.73. The zero-order valence-corrected chi connectivity index (χ0v) is 36.0. The van der Waals surface area contributed by atoms with Gasteiger partial charge >= 0.3 is 5.97 Å². The van der Waals surface area contributed by atoms with Gasteiger partial charge in [0.2, 0.25) is 11.8 Å². The summed E-state index contributed by atoms with van der Waals surface area (Å²) in [6.45, 7) is 9.06. The highest BCUT2D eigenvalue weighted by molar-refractivity contribution is 6.03. The zero-order chi connectivity index (χ0) is 42.6. The van der Waals surface area contributed by atoms with Crippen molar-refractivity contribution in [3.05, 3.63) is 120 Å². The second-order valence-corrected chi connectivity index (χ2v) is 17.5. The van der Waals surface area contributed by atoms with Crippen molar-refractivity contribution in [2.24, 2.45) is 35.5 Å². The van der Waals surface area contributed by atoms with Crippen molar-refractivity contribution in [2.75, 3.05) is 18.1 Å². The van der Waals surface area contributed by atoms with E-state index in [0.717, 1.165) is 55.5 Å². The zero-order valence-electron chi connectivity index (χ0n) is 36.0. The van der Waals surface area contributed by atoms with E-state index in [1.165, 1.54) is 11.1 Å². The van der Waals surface area contributed by atoms with Crippen LogP contribution in [0.25, 0.3) is 0 Å². The number of hydrogen-bond acceptors (Lipinski definition) is 7. The number of ether oxygens (including phenoxy) is 2. The molecule has 9 heteroatoms. The highest BCUT2D eigenvalue weighted by atomic mass is 16.5. The van der Waals surface area contributed by atoms with Crippen molar-refractivity contribution in [1.82, 2.24) is 5.32 Å². The maximum atomic E-state index is 13.4. The maximum Gasteiger partial charge on any atom is 0.308 e. The minimum atomic E-state index is -0.958. The van der Waals surface area contributed by atoms with Gasteiger partial charge in [-0.2, -0.15) is 0 Å². The molecule has 2 amide bonds. The number of β-lactam (4-membered cyclic amide) rings is 1. The highest BCUT2D eigenvalue weighted by Crippen LogP contribution is 2.47. The number of aliphatic hydroxyl groups excluding tert-OH is 2. The predicted molar refractivity (Wildman–Crippen MR) is 236 cm³/mol. The summed E-state index contributed by atoms with van der Waals surface area (Å²) in [7, 11) is 0. The quantitative estimate of drug-likeness (QED) is 0.0557. The van der Waals surface area contributed by atoms with Crippen LogP contribution in [-0.2, 0) is 25.5 Å². The molecule has 3 N–H and O–H groups in total. The lowest BCUT2D eigenvalue weighted by atomic mass is 9.65. The van der Waals surface area contributed by atoms with Crippen molar-refractivity contribution >= 4 is 23.5 Å². The standard InChI is InChI=1S/C51H66N2O7/c1-5-35(3)51(58)60-46-31-34(2)30-39-21-20-36(4)44(48(39)46)27-24-41(54)32-42(55)33-47(56)52-28-13-29-59-43-25-22-38(23-26-43)49-45(19-12-16-37-14-8-6-9-15-37)50(57)53(49)40-17-10-7-11-18-40/h6-11,14-15,17-18,20-23,25-26,30,34-36,41-42,44-46,48-49,54-55H,5,12-13,16,19,24,27-29,31-33H2,1-4H3,(H,52,56)/t34-,35-,36-,41+,42+,44-,45+,46-,48-,49+/m0/s1. The van der Waals surface area contributed by atoms with Crippen molar-refractivity contribution < 1.29 is 34.1 Å². The summed E-state index contributed by atoms with van der Waals surface area (Å²) in [6.07, 6.45) is 10.9. The fraction of sp³-hybridized carbons (Fsp3) is 0.510. The first kappa shape index (κ1) is 44.8. The van der Waals surface area contributed by atoms with Gasteiger partial charge in [-0.25, -0.2) is 0 Å². The van der Waals surface area contributed by atoms with E-state index in [1.54, 1.807) is 0 Å². The third kappa shape index (κ3) is 11.8. The number of rotatable bonds is 21. The Balaban J connectivity index is 0.909. The van der Waals surface area contributed by atoms with Crippen molar-refractivity contribution in [3.8, 4) is 5.75 Å². The lowest BCUT2D eigenvalue weighted by molar-refractivity contribution is -0.158. The molecule has 9 nitrogen and oxygen atoms in total. The third-order valence-electron chi connectivity index (χ3n) is 12.9. The molecule has 0 unspecified atom stereocenters. The van der Waals surface area contributed by atoms with Crippen LogP contribution in [0.1, 0.15) is 103 Å². The number of amides is 2. The summed E-state index contributed by atoms with van der Waals surface area (Å²) in [5.41, 5.74) is 4.48. The van der Waals surface area contributed by atoms with Crippen LogP contribution in [0.3, 0.4) is 0 Å². The molecule has 0 spiro atoms. The average molecular weight is 819 g/mol. The second kappa shape index (κ2) is 21.7. The number of carbonyl (C=O) groups is 3. The van der Waals surface area contributed by atoms with E-state index in [1.807, 2.05) is 79.4 Å². The van der Waals surface area contributed by atoms with Crippen LogP contribution in [-0.4, -0.2) is 59.5 Å². The summed E-state index contributed by atoms with van der Waals surface area (Å²) in [6, 6.07) is 28.2. The normalized spacial score (nSPS) is 25.0. The summed E-state index contributed by atoms with van der Waals surface area (Å²) in [5, 5.41) is 24.5. The fourth-order valence-electron chi connectivity index (χ4n) is 9.35. The molecule has 0 aromatic heterocycles. The van der Waals surface area contributed by atoms with Gasteiger partial charge in [0, 0.05) is 18.2 Å². The van der Waals surface area contributed by atoms with Gasteiger partial charge in [0.05, 0.1) is 43.1 Å². The van der Waals surface area contributed by atoms with E-state index >= 15 is 0 Å². The Kier molecular flexibility index (Phi) is 16.2. The van der Waals surface area contributed by atoms with E-state index < -0.39 is 12.2 Å². The number of hydrogen-bond donors (Lipinski definition) is 3. The van der Waals surface area contributed by atoms with Gasteiger partial charge < -0.3 is 29.9 Å². The summed E-state index contributed by atoms with van der Waals surface area (Å²) in [5.74, 6) is 1.11. The molecule has 3 aromatic carbocycles. The molecule has 1 heterocycles. The number of fused-ring (bicyclic) bond motifs is 1. The Morgan fingerprint density at radius 1 is 0.917 bits per heavy atom. The van der Waals surface area contributed by atoms with Crippen LogP contribution in [0, 0.1) is 35.5 Å². The van der Waals surface area contributed by atoms with E-state index in [9.17, 15) is 24.6 Å². The minimum absolute atomic E-state index is 0.0410. The van der Waals surface area contributed by atoms with Crippen LogP contribution >= 0.6 is 0 Å². The molecule has 6 rings (SSSR count). The summed E-state index contributed by atoms with van der Waals surface area (Å²) in [4.78, 5) is 40.8. The number of benzene rings is 3. The van der Waals surface area contributed by atoms with Gasteiger partial charge in [-0.05, 0) is 117 Å². The number of aliphatic hydroxyl groups is 2. The maximum absolute atomic E-state index is 13.4. The first-order valence-electron chi connectivity index (χ1n) is 22.4. The van der Waals surface area contributed by atoms with Crippen LogP contribution < -0.4 is 15.0 Å². The SMILES string of the molecule is CC[C@H](C)C(=O)O[C@H]1C[C@@H](C)C=C2C=C[C@H](C)[C@H](CC[C@@H](O)C[C@@H](O)CC(=O)NCCCOc3ccc([C@@H]4[C@@H](CCCc5ccccc5)C(=O)N4c4ccccc4)cc3)[C@H]21. The molecule has 1 saturated heterocycles. The number of nitrogens with one attached hydrogen (secondary N) is 1. The molecule has 1 fully saturated rings. The largest absolute Gasteiger partial charge is 0.494 e. The minimum Gasteiger partial charge on any atom is -0.494 e. The third-order valence-corrected chi connectivity index (χ3v) is 12.9. The number of aryl methyl sites for hydroxylation is 1. The average Bonchev–Trinajstić information content (AvgIpc) is 3.24. The fourth-order valence-corrected chi connectivity index (χ4v) is 9.35. The Morgan fingerprint density at radius 3 is 2.35 bits per heavy atom. The summed E-state index contributed by atoms with van der Waals surface area (Å²) < 4.78 is 12.1. The van der Waals surface area contributed by atoms with E-state index in [-0.39, 0.29) is 72.4 Å². The number of carbonyl (C=O) groups excluding carboxylic acids is 3. The number of allylic oxidation sites excluding steroid dienone is 3. The van der Waals surface area contributed by atoms with Crippen molar-refractivity contribution in [2.45, 2.75) is 116 Å². The van der Waals surface area contributed by atoms with Gasteiger partial charge in [-0.3, -0.25) is 14.4 Å². The van der Waals surface area contributed by atoms with Gasteiger partial charge in [-0.15, -0.1) is 0 Å². The number of esters is 1. The van der Waals surface area contributed by atoms with Crippen LogP contribution in [0.15, 0.2) is 109 Å². The second-order valence-electron chi connectivity index (χ2n) is 17.5. The van der Waals surface area contributed by atoms with Gasteiger partial charge in [0.25, 0.3) is 0 Å². The molecular formula is C51H66N2O7. The summed E-state index contributed by atoms with van der Waals surface area (Å²) >= 11 is 0. The molecule has 3 aliphatic rings. The highest BCUT2D eigenvalue weighted by Gasteiger charge is 2.48. The molecule has 2 aliphatic carbocycles. The Bertz CT molecular complexity index is 1900. The number of anilines is 1. The number of nitrogens with zero attached hydrogens (tertiary/aromatic N) is 1. The van der Waals surface area contributed by atoms with Crippen molar-refractivity contribution in [3.63, 3.8) is 0 Å². The molecule has 3 aromatic rings. The van der Waals surface area contributed by atoms with Crippen LogP contribution in [0.2, 0.25) is 0 Å². The van der Waals surface area contributed by atoms with Gasteiger partial charge in [0.1, 0.15) is 11.9 Å². The van der Waals surface area contributed by atoms with Gasteiger partial charge in [-0.1, -0.05) is 107 Å². The molecular weight excluding hydrogens is 753 g/mol. The molecule has 0 bridgehead atoms. The Labute approximate surface area is 357 Å². The lowest BCUT2D eigenvalue weighted by Gasteiger charge is -2.47. The van der Waals surface area contributed by atoms with Crippen LogP contribution in [0.5, 0.6) is 5.75 Å². The van der Waals surface area contributed by atoms with Crippen LogP contribution in [0.4, 0.5) is 5.69 Å². The van der Waals surface area contributed by atoms with E-state index in [2.05, 4.69) is 61.7 Å². The van der Waals surface area contributed by atoms with E-state index in [4.69, 9.17) is 9.47 Å². The van der Waals surface area contributed by atoms with E-state index in [0.29, 0.717) is 31.9 Å². The topological polar surface area (TPSA) is 125 Å². The number of para-hydroxylation sites is 1. The molecule has 1 aliphatic heterocycles. The molecule has 0 radical (unpaired) electrons. The Morgan fingerprint density at radius 2 is 1.63 bits per heavy atom. The monoisotopic (exact) mass is 818 g/mol. The lowest BCUT2D eigenvalue weighted by Crippen LogP contribution is -2.55.